The highest BCUT2D eigenvalue weighted by Gasteiger charge is 2.42. The van der Waals surface area contributed by atoms with Gasteiger partial charge in [0.2, 0.25) is 5.91 Å². The summed E-state index contributed by atoms with van der Waals surface area (Å²) in [6, 6.07) is 4.64. The minimum atomic E-state index is 0.136. The van der Waals surface area contributed by atoms with Crippen LogP contribution in [0.15, 0.2) is 29.0 Å². The molecule has 5 nitrogen and oxygen atoms in total. The van der Waals surface area contributed by atoms with Gasteiger partial charge in [-0.05, 0) is 55.4 Å². The van der Waals surface area contributed by atoms with Gasteiger partial charge in [0.05, 0.1) is 5.75 Å². The molecular formula is C17H22N4OS2. The van der Waals surface area contributed by atoms with Crippen LogP contribution >= 0.6 is 23.1 Å². The van der Waals surface area contributed by atoms with E-state index in [1.54, 1.807) is 17.7 Å². The number of thiophene rings is 1. The second kappa shape index (κ2) is 7.27. The first-order valence-electron chi connectivity index (χ1n) is 8.62. The number of hydrogen-bond donors (Lipinski definition) is 1. The topological polar surface area (TPSA) is 59.8 Å². The second-order valence-electron chi connectivity index (χ2n) is 6.69. The van der Waals surface area contributed by atoms with Crippen molar-refractivity contribution in [1.29, 1.82) is 0 Å². The number of rotatable bonds is 9. The summed E-state index contributed by atoms with van der Waals surface area (Å²) in [5.41, 5.74) is 0. The monoisotopic (exact) mass is 362 g/mol. The number of nitrogens with zero attached hydrogens (tertiary/aromatic N) is 3. The summed E-state index contributed by atoms with van der Waals surface area (Å²) in [6.07, 6.45) is 7.86. The molecule has 2 aromatic rings. The van der Waals surface area contributed by atoms with Gasteiger partial charge in [0, 0.05) is 17.5 Å². The van der Waals surface area contributed by atoms with E-state index in [-0.39, 0.29) is 5.91 Å². The average molecular weight is 363 g/mol. The highest BCUT2D eigenvalue weighted by Crippen LogP contribution is 2.44. The standard InChI is InChI=1S/C17H22N4OS2/c22-15(19-16(12-3-4-12)13-5-6-13)10-24-17-20-18-11-21(17)8-7-14-2-1-9-23-14/h1-2,9,11-13,16H,3-8,10H2,(H,19,22). The Labute approximate surface area is 150 Å². The zero-order chi connectivity index (χ0) is 16.4. The molecule has 1 N–H and O–H groups in total. The molecule has 0 aliphatic heterocycles. The van der Waals surface area contributed by atoms with Crippen LogP contribution in [-0.4, -0.2) is 32.5 Å². The second-order valence-corrected chi connectivity index (χ2v) is 8.67. The first-order valence-corrected chi connectivity index (χ1v) is 10.5. The molecule has 4 rings (SSSR count). The van der Waals surface area contributed by atoms with E-state index in [0.29, 0.717) is 11.8 Å². The molecule has 0 spiro atoms. The molecule has 0 saturated heterocycles. The third-order valence-electron chi connectivity index (χ3n) is 4.68. The Hall–Kier alpha value is -1.34. The minimum absolute atomic E-state index is 0.136. The number of thioether (sulfide) groups is 1. The van der Waals surface area contributed by atoms with E-state index in [0.717, 1.165) is 30.0 Å². The van der Waals surface area contributed by atoms with E-state index >= 15 is 0 Å². The first kappa shape index (κ1) is 16.1. The van der Waals surface area contributed by atoms with Crippen molar-refractivity contribution in [2.45, 2.75) is 49.8 Å². The van der Waals surface area contributed by atoms with Crippen molar-refractivity contribution < 1.29 is 4.79 Å². The van der Waals surface area contributed by atoms with E-state index in [4.69, 9.17) is 0 Å². The van der Waals surface area contributed by atoms with E-state index < -0.39 is 0 Å². The van der Waals surface area contributed by atoms with Gasteiger partial charge in [-0.3, -0.25) is 4.79 Å². The summed E-state index contributed by atoms with van der Waals surface area (Å²) >= 11 is 3.25. The SMILES string of the molecule is O=C(CSc1nncn1CCc1cccs1)NC(C1CC1)C1CC1. The maximum Gasteiger partial charge on any atom is 0.230 e. The third kappa shape index (κ3) is 4.19. The van der Waals surface area contributed by atoms with Gasteiger partial charge in [-0.2, -0.15) is 0 Å². The Bertz CT molecular complexity index is 665. The van der Waals surface area contributed by atoms with Gasteiger partial charge < -0.3 is 9.88 Å². The zero-order valence-corrected chi connectivity index (χ0v) is 15.2. The summed E-state index contributed by atoms with van der Waals surface area (Å²) in [6.45, 7) is 0.851. The summed E-state index contributed by atoms with van der Waals surface area (Å²) in [5, 5.41) is 14.3. The van der Waals surface area contributed by atoms with E-state index in [9.17, 15) is 4.79 Å². The predicted octanol–water partition coefficient (Wildman–Crippen LogP) is 2.98. The molecule has 1 amide bonds. The van der Waals surface area contributed by atoms with E-state index in [1.807, 2.05) is 4.57 Å². The molecule has 2 heterocycles. The first-order chi connectivity index (χ1) is 11.8. The van der Waals surface area contributed by atoms with Crippen molar-refractivity contribution in [3.8, 4) is 0 Å². The molecule has 0 atom stereocenters. The van der Waals surface area contributed by atoms with E-state index in [1.165, 1.54) is 42.3 Å². The lowest BCUT2D eigenvalue weighted by Gasteiger charge is -2.17. The Morgan fingerprint density at radius 3 is 2.83 bits per heavy atom. The molecule has 0 radical (unpaired) electrons. The van der Waals surface area contributed by atoms with Crippen LogP contribution in [0, 0.1) is 11.8 Å². The van der Waals surface area contributed by atoms with E-state index in [2.05, 4.69) is 33.0 Å². The third-order valence-corrected chi connectivity index (χ3v) is 6.60. The van der Waals surface area contributed by atoms with Crippen molar-refractivity contribution in [3.05, 3.63) is 28.7 Å². The molecule has 24 heavy (non-hydrogen) atoms. The lowest BCUT2D eigenvalue weighted by Crippen LogP contribution is -2.39. The highest BCUT2D eigenvalue weighted by molar-refractivity contribution is 7.99. The molecule has 2 aliphatic carbocycles. The molecule has 0 unspecified atom stereocenters. The number of carbonyl (C=O) groups is 1. The number of aromatic nitrogens is 3. The maximum absolute atomic E-state index is 12.3. The fourth-order valence-electron chi connectivity index (χ4n) is 3.08. The number of hydrogen-bond acceptors (Lipinski definition) is 5. The molecule has 7 heteroatoms. The largest absolute Gasteiger partial charge is 0.352 e. The summed E-state index contributed by atoms with van der Waals surface area (Å²) in [7, 11) is 0. The van der Waals surface area contributed by atoms with Crippen LogP contribution in [0.4, 0.5) is 0 Å². The molecular weight excluding hydrogens is 340 g/mol. The fourth-order valence-corrected chi connectivity index (χ4v) is 4.53. The number of nitrogens with one attached hydrogen (secondary N) is 1. The molecule has 2 fully saturated rings. The van der Waals surface area contributed by atoms with Crippen LogP contribution < -0.4 is 5.32 Å². The fraction of sp³-hybridized carbons (Fsp3) is 0.588. The van der Waals surface area contributed by atoms with Crippen molar-refractivity contribution in [2.75, 3.05) is 5.75 Å². The van der Waals surface area contributed by atoms with Crippen LogP contribution in [-0.2, 0) is 17.8 Å². The van der Waals surface area contributed by atoms with Crippen LogP contribution in [0.5, 0.6) is 0 Å². The van der Waals surface area contributed by atoms with Gasteiger partial charge in [-0.15, -0.1) is 21.5 Å². The lowest BCUT2D eigenvalue weighted by atomic mass is 10.1. The molecule has 0 bridgehead atoms. The number of carbonyl (C=O) groups excluding carboxylic acids is 1. The molecule has 2 aliphatic rings. The normalized spacial score (nSPS) is 17.4. The van der Waals surface area contributed by atoms with Crippen molar-refractivity contribution in [1.82, 2.24) is 20.1 Å². The molecule has 2 aromatic heterocycles. The van der Waals surface area contributed by atoms with Crippen LogP contribution in [0.25, 0.3) is 0 Å². The Balaban J connectivity index is 1.26. The Morgan fingerprint density at radius 1 is 1.38 bits per heavy atom. The summed E-state index contributed by atoms with van der Waals surface area (Å²) in [4.78, 5) is 13.6. The molecule has 128 valence electrons. The van der Waals surface area contributed by atoms with Gasteiger partial charge in [-0.25, -0.2) is 0 Å². The number of aryl methyl sites for hydroxylation is 2. The van der Waals surface area contributed by atoms with Crippen molar-refractivity contribution in [2.24, 2.45) is 11.8 Å². The van der Waals surface area contributed by atoms with Crippen molar-refractivity contribution >= 4 is 29.0 Å². The van der Waals surface area contributed by atoms with Crippen LogP contribution in [0.2, 0.25) is 0 Å². The molecule has 0 aromatic carbocycles. The Kier molecular flexibility index (Phi) is 4.89. The van der Waals surface area contributed by atoms with Crippen LogP contribution in [0.3, 0.4) is 0 Å². The summed E-state index contributed by atoms with van der Waals surface area (Å²) < 4.78 is 2.04. The summed E-state index contributed by atoms with van der Waals surface area (Å²) in [5.74, 6) is 2.03. The predicted molar refractivity (Wildman–Crippen MR) is 96.1 cm³/mol. The average Bonchev–Trinajstić information content (AvgIpc) is 3.50. The quantitative estimate of drug-likeness (QED) is 0.697. The highest BCUT2D eigenvalue weighted by atomic mass is 32.2. The van der Waals surface area contributed by atoms with Crippen molar-refractivity contribution in [3.63, 3.8) is 0 Å². The Morgan fingerprint density at radius 2 is 2.17 bits per heavy atom. The van der Waals surface area contributed by atoms with Gasteiger partial charge in [0.25, 0.3) is 0 Å². The maximum atomic E-state index is 12.3. The van der Waals surface area contributed by atoms with Gasteiger partial charge in [0.1, 0.15) is 6.33 Å². The van der Waals surface area contributed by atoms with Crippen LogP contribution in [0.1, 0.15) is 30.6 Å². The smallest absolute Gasteiger partial charge is 0.230 e. The minimum Gasteiger partial charge on any atom is -0.352 e. The molecule has 2 saturated carbocycles. The number of amides is 1. The lowest BCUT2D eigenvalue weighted by molar-refractivity contribution is -0.119. The zero-order valence-electron chi connectivity index (χ0n) is 13.6. The van der Waals surface area contributed by atoms with Gasteiger partial charge in [-0.1, -0.05) is 17.8 Å². The van der Waals surface area contributed by atoms with Gasteiger partial charge >= 0.3 is 0 Å². The van der Waals surface area contributed by atoms with Gasteiger partial charge in [0.15, 0.2) is 5.16 Å².